The maximum Gasteiger partial charge on any atom is 0.338 e. The average Bonchev–Trinajstić information content (AvgIpc) is 2.64. The van der Waals surface area contributed by atoms with E-state index in [4.69, 9.17) is 15.2 Å². The lowest BCUT2D eigenvalue weighted by molar-refractivity contribution is -0.137. The Morgan fingerprint density at radius 1 is 1.24 bits per heavy atom. The van der Waals surface area contributed by atoms with Crippen LogP contribution in [0.15, 0.2) is 24.3 Å². The molecule has 136 valence electrons. The van der Waals surface area contributed by atoms with Crippen LogP contribution in [0.25, 0.3) is 0 Å². The smallest absolute Gasteiger partial charge is 0.338 e. The third kappa shape index (κ3) is 5.48. The van der Waals surface area contributed by atoms with Gasteiger partial charge in [-0.2, -0.15) is 0 Å². The second-order valence-corrected chi connectivity index (χ2v) is 6.03. The zero-order chi connectivity index (χ0) is 18.2. The molecule has 1 aromatic carbocycles. The molecule has 1 aromatic rings. The fourth-order valence-electron chi connectivity index (χ4n) is 2.64. The number of hydrogen-bond donors (Lipinski definition) is 1. The maximum atomic E-state index is 12.2. The predicted octanol–water partition coefficient (Wildman–Crippen LogP) is 1.36. The van der Waals surface area contributed by atoms with E-state index in [-0.39, 0.29) is 25.0 Å². The summed E-state index contributed by atoms with van der Waals surface area (Å²) < 4.78 is 10.5. The van der Waals surface area contributed by atoms with Crippen molar-refractivity contribution in [3.8, 4) is 5.75 Å². The Hall–Kier alpha value is -2.57. The molecule has 25 heavy (non-hydrogen) atoms. The van der Waals surface area contributed by atoms with Gasteiger partial charge in [-0.1, -0.05) is 6.92 Å². The highest BCUT2D eigenvalue weighted by molar-refractivity contribution is 5.91. The van der Waals surface area contributed by atoms with Gasteiger partial charge >= 0.3 is 5.97 Å². The molecule has 2 N–H and O–H groups in total. The van der Waals surface area contributed by atoms with Crippen LogP contribution < -0.4 is 10.5 Å². The van der Waals surface area contributed by atoms with Crippen LogP contribution in [0, 0.1) is 5.92 Å². The Morgan fingerprint density at radius 3 is 2.60 bits per heavy atom. The summed E-state index contributed by atoms with van der Waals surface area (Å²) in [5.41, 5.74) is 5.65. The fourth-order valence-corrected chi connectivity index (χ4v) is 2.64. The number of amides is 2. The minimum absolute atomic E-state index is 0.287. The molecule has 2 rings (SSSR count). The van der Waals surface area contributed by atoms with Crippen LogP contribution in [0.1, 0.15) is 36.5 Å². The highest BCUT2D eigenvalue weighted by atomic mass is 16.5. The number of esters is 1. The summed E-state index contributed by atoms with van der Waals surface area (Å²) in [6, 6.07) is 6.58. The molecule has 7 nitrogen and oxygen atoms in total. The first kappa shape index (κ1) is 18.8. The fraction of sp³-hybridized carbons (Fsp3) is 0.500. The van der Waals surface area contributed by atoms with Crippen LogP contribution in [-0.2, 0) is 14.3 Å². The molecule has 0 aliphatic carbocycles. The zero-order valence-electron chi connectivity index (χ0n) is 14.4. The molecular formula is C18H24N2O5. The van der Waals surface area contributed by atoms with Crippen molar-refractivity contribution >= 4 is 17.8 Å². The number of likely N-dealkylation sites (tertiary alicyclic amines) is 1. The molecule has 0 bridgehead atoms. The van der Waals surface area contributed by atoms with Gasteiger partial charge in [0.2, 0.25) is 5.91 Å². The quantitative estimate of drug-likeness (QED) is 0.750. The minimum atomic E-state index is -0.571. The van der Waals surface area contributed by atoms with Gasteiger partial charge in [0.25, 0.3) is 5.91 Å². The van der Waals surface area contributed by atoms with Gasteiger partial charge in [-0.15, -0.1) is 0 Å². The van der Waals surface area contributed by atoms with Crippen LogP contribution in [0.5, 0.6) is 5.75 Å². The normalized spacial score (nSPS) is 17.0. The SMILES string of the molecule is CCCOc1ccc(C(=O)OCC(=O)N2CCC[C@@H](C(N)=O)C2)cc1. The molecule has 1 atom stereocenters. The summed E-state index contributed by atoms with van der Waals surface area (Å²) in [7, 11) is 0. The van der Waals surface area contributed by atoms with E-state index in [0.29, 0.717) is 37.3 Å². The second kappa shape index (κ2) is 9.05. The van der Waals surface area contributed by atoms with Gasteiger partial charge in [-0.25, -0.2) is 4.79 Å². The van der Waals surface area contributed by atoms with Crippen molar-refractivity contribution in [1.82, 2.24) is 4.90 Å². The van der Waals surface area contributed by atoms with E-state index in [9.17, 15) is 14.4 Å². The number of piperidine rings is 1. The first-order chi connectivity index (χ1) is 12.0. The van der Waals surface area contributed by atoms with E-state index < -0.39 is 11.9 Å². The number of nitrogens with two attached hydrogens (primary N) is 1. The monoisotopic (exact) mass is 348 g/mol. The summed E-state index contributed by atoms with van der Waals surface area (Å²) in [5, 5.41) is 0. The molecule has 1 aliphatic rings. The summed E-state index contributed by atoms with van der Waals surface area (Å²) >= 11 is 0. The average molecular weight is 348 g/mol. The molecule has 1 fully saturated rings. The van der Waals surface area contributed by atoms with Crippen molar-refractivity contribution in [3.05, 3.63) is 29.8 Å². The molecule has 7 heteroatoms. The van der Waals surface area contributed by atoms with E-state index in [2.05, 4.69) is 0 Å². The van der Waals surface area contributed by atoms with E-state index >= 15 is 0 Å². The Kier molecular flexibility index (Phi) is 6.80. The molecule has 1 saturated heterocycles. The van der Waals surface area contributed by atoms with E-state index in [0.717, 1.165) is 6.42 Å². The third-order valence-corrected chi connectivity index (χ3v) is 4.07. The second-order valence-electron chi connectivity index (χ2n) is 6.03. The zero-order valence-corrected chi connectivity index (χ0v) is 14.4. The first-order valence-electron chi connectivity index (χ1n) is 8.48. The minimum Gasteiger partial charge on any atom is -0.494 e. The lowest BCUT2D eigenvalue weighted by atomic mass is 9.97. The van der Waals surface area contributed by atoms with Crippen LogP contribution in [0.2, 0.25) is 0 Å². The lowest BCUT2D eigenvalue weighted by Gasteiger charge is -2.31. The van der Waals surface area contributed by atoms with Crippen molar-refractivity contribution in [2.24, 2.45) is 11.7 Å². The number of carbonyl (C=O) groups excluding carboxylic acids is 3. The Balaban J connectivity index is 1.82. The molecule has 1 heterocycles. The summed E-state index contributed by atoms with van der Waals surface area (Å²) in [5.74, 6) is -0.940. The van der Waals surface area contributed by atoms with Crippen LogP contribution in [0.4, 0.5) is 0 Å². The van der Waals surface area contributed by atoms with E-state index in [1.807, 2.05) is 6.92 Å². The first-order valence-corrected chi connectivity index (χ1v) is 8.48. The predicted molar refractivity (Wildman–Crippen MR) is 91.0 cm³/mol. The Labute approximate surface area is 147 Å². The van der Waals surface area contributed by atoms with Crippen molar-refractivity contribution in [2.75, 3.05) is 26.3 Å². The number of nitrogens with zero attached hydrogens (tertiary/aromatic N) is 1. The van der Waals surface area contributed by atoms with Crippen LogP contribution in [-0.4, -0.2) is 49.0 Å². The molecule has 0 spiro atoms. The van der Waals surface area contributed by atoms with Crippen LogP contribution >= 0.6 is 0 Å². The Bertz CT molecular complexity index is 614. The number of hydrogen-bond acceptors (Lipinski definition) is 5. The van der Waals surface area contributed by atoms with E-state index in [1.165, 1.54) is 4.90 Å². The third-order valence-electron chi connectivity index (χ3n) is 4.07. The van der Waals surface area contributed by atoms with Gasteiger partial charge in [0, 0.05) is 13.1 Å². The molecule has 0 aromatic heterocycles. The van der Waals surface area contributed by atoms with Crippen molar-refractivity contribution in [2.45, 2.75) is 26.2 Å². The van der Waals surface area contributed by atoms with Gasteiger partial charge in [0.15, 0.2) is 6.61 Å². The van der Waals surface area contributed by atoms with Gasteiger partial charge in [-0.05, 0) is 43.5 Å². The number of carbonyl (C=O) groups is 3. The maximum absolute atomic E-state index is 12.2. The largest absolute Gasteiger partial charge is 0.494 e. The number of benzene rings is 1. The topological polar surface area (TPSA) is 98.9 Å². The van der Waals surface area contributed by atoms with Gasteiger partial charge in [-0.3, -0.25) is 9.59 Å². The van der Waals surface area contributed by atoms with Gasteiger partial charge < -0.3 is 20.1 Å². The molecule has 2 amide bonds. The molecule has 0 radical (unpaired) electrons. The van der Waals surface area contributed by atoms with Crippen molar-refractivity contribution < 1.29 is 23.9 Å². The van der Waals surface area contributed by atoms with Crippen LogP contribution in [0.3, 0.4) is 0 Å². The summed E-state index contributed by atoms with van der Waals surface area (Å²) in [6.45, 7) is 3.11. The highest BCUT2D eigenvalue weighted by Crippen LogP contribution is 2.17. The number of primary amides is 1. The standard InChI is InChI=1S/C18H24N2O5/c1-2-10-24-15-7-5-13(6-8-15)18(23)25-12-16(21)20-9-3-4-14(11-20)17(19)22/h5-8,14H,2-4,9-12H2,1H3,(H2,19,22)/t14-/m1/s1. The number of rotatable bonds is 7. The summed E-state index contributed by atoms with van der Waals surface area (Å²) in [6.07, 6.45) is 2.30. The highest BCUT2D eigenvalue weighted by Gasteiger charge is 2.27. The van der Waals surface area contributed by atoms with Crippen molar-refractivity contribution in [3.63, 3.8) is 0 Å². The molecular weight excluding hydrogens is 324 g/mol. The Morgan fingerprint density at radius 2 is 1.96 bits per heavy atom. The summed E-state index contributed by atoms with van der Waals surface area (Å²) in [4.78, 5) is 37.0. The van der Waals surface area contributed by atoms with E-state index in [1.54, 1.807) is 24.3 Å². The molecule has 1 aliphatic heterocycles. The molecule has 0 unspecified atom stereocenters. The number of ether oxygens (including phenoxy) is 2. The van der Waals surface area contributed by atoms with Gasteiger partial charge in [0.1, 0.15) is 5.75 Å². The lowest BCUT2D eigenvalue weighted by Crippen LogP contribution is -2.45. The van der Waals surface area contributed by atoms with Crippen molar-refractivity contribution in [1.29, 1.82) is 0 Å². The molecule has 0 saturated carbocycles. The van der Waals surface area contributed by atoms with Gasteiger partial charge in [0.05, 0.1) is 18.1 Å².